The zero-order valence-corrected chi connectivity index (χ0v) is 17.3. The number of carbonyl (C=O) groups excluding carboxylic acids is 1. The molecule has 1 atom stereocenters. The molecule has 0 fully saturated rings. The van der Waals surface area contributed by atoms with Crippen LogP contribution in [0, 0.1) is 5.82 Å². The number of carbonyl (C=O) groups is 1. The summed E-state index contributed by atoms with van der Waals surface area (Å²) < 4.78 is 26.6. The maximum Gasteiger partial charge on any atom is 0.412 e. The van der Waals surface area contributed by atoms with Crippen molar-refractivity contribution in [3.05, 3.63) is 69.4 Å². The number of benzene rings is 2. The molecule has 1 heterocycles. The molecule has 0 saturated carbocycles. The zero-order valence-electron chi connectivity index (χ0n) is 15.7. The summed E-state index contributed by atoms with van der Waals surface area (Å²) >= 11 is 3.23. The first kappa shape index (κ1) is 19.8. The summed E-state index contributed by atoms with van der Waals surface area (Å²) in [6.07, 6.45) is -0.758. The maximum atomic E-state index is 14.6. The minimum Gasteiger partial charge on any atom is -0.444 e. The molecule has 0 radical (unpaired) electrons. The number of amides is 1. The maximum absolute atomic E-state index is 14.6. The van der Waals surface area contributed by atoms with Crippen molar-refractivity contribution in [2.24, 2.45) is 0 Å². The Hall–Kier alpha value is -1.92. The lowest BCUT2D eigenvalue weighted by atomic mass is 9.97. The van der Waals surface area contributed by atoms with Gasteiger partial charge in [-0.2, -0.15) is 0 Å². The van der Waals surface area contributed by atoms with E-state index in [2.05, 4.69) is 15.9 Å². The molecule has 2 aromatic rings. The van der Waals surface area contributed by atoms with Crippen LogP contribution >= 0.6 is 15.9 Å². The van der Waals surface area contributed by atoms with Gasteiger partial charge in [-0.15, -0.1) is 0 Å². The number of hydrogen-bond donors (Lipinski definition) is 0. The summed E-state index contributed by atoms with van der Waals surface area (Å²) in [6, 6.07) is 13.1. The van der Waals surface area contributed by atoms with E-state index in [1.807, 2.05) is 51.1 Å². The predicted octanol–water partition coefficient (Wildman–Crippen LogP) is 5.60. The largest absolute Gasteiger partial charge is 0.444 e. The molecule has 6 heteroatoms. The first-order valence-electron chi connectivity index (χ1n) is 8.88. The minimum atomic E-state index is -0.702. The molecule has 0 aliphatic carbocycles. The highest BCUT2D eigenvalue weighted by atomic mass is 79.9. The highest BCUT2D eigenvalue weighted by Crippen LogP contribution is 2.36. The van der Waals surface area contributed by atoms with E-state index in [9.17, 15) is 9.18 Å². The second-order valence-electron chi connectivity index (χ2n) is 7.50. The number of nitrogens with zero attached hydrogens (tertiary/aromatic N) is 1. The number of hydrogen-bond acceptors (Lipinski definition) is 3. The van der Waals surface area contributed by atoms with Gasteiger partial charge in [0.15, 0.2) is 6.23 Å². The Labute approximate surface area is 167 Å². The second kappa shape index (κ2) is 7.98. The van der Waals surface area contributed by atoms with Crippen LogP contribution in [-0.2, 0) is 22.5 Å². The van der Waals surface area contributed by atoms with Gasteiger partial charge in [0.2, 0.25) is 0 Å². The number of ether oxygens (including phenoxy) is 2. The van der Waals surface area contributed by atoms with Crippen LogP contribution in [0.3, 0.4) is 0 Å². The molecule has 2 aromatic carbocycles. The first-order chi connectivity index (χ1) is 12.8. The van der Waals surface area contributed by atoms with E-state index in [-0.39, 0.29) is 5.82 Å². The van der Waals surface area contributed by atoms with Crippen molar-refractivity contribution in [2.45, 2.75) is 45.6 Å². The van der Waals surface area contributed by atoms with Gasteiger partial charge in [-0.25, -0.2) is 9.18 Å². The standard InChI is InChI=1S/C21H23BrFNO3/c1-21(2,3)27-20(25)24-12-11-15-16(9-10-17(22)18(15)23)19(24)26-13-14-7-5-4-6-8-14/h4-10,19H,11-13H2,1-3H3. The molecule has 0 bridgehead atoms. The van der Waals surface area contributed by atoms with Crippen LogP contribution in [0.5, 0.6) is 0 Å². The molecule has 0 spiro atoms. The number of fused-ring (bicyclic) bond motifs is 1. The predicted molar refractivity (Wildman–Crippen MR) is 105 cm³/mol. The van der Waals surface area contributed by atoms with E-state index >= 15 is 0 Å². The van der Waals surface area contributed by atoms with E-state index in [0.717, 1.165) is 5.56 Å². The molecule has 1 aliphatic heterocycles. The third-order valence-electron chi connectivity index (χ3n) is 4.26. The van der Waals surface area contributed by atoms with Gasteiger partial charge >= 0.3 is 6.09 Å². The lowest BCUT2D eigenvalue weighted by Gasteiger charge is -2.38. The normalized spacial score (nSPS) is 16.8. The highest BCUT2D eigenvalue weighted by molar-refractivity contribution is 9.10. The fourth-order valence-corrected chi connectivity index (χ4v) is 3.42. The Balaban J connectivity index is 1.90. The third kappa shape index (κ3) is 4.68. The lowest BCUT2D eigenvalue weighted by Crippen LogP contribution is -2.44. The third-order valence-corrected chi connectivity index (χ3v) is 4.88. The molecule has 0 aromatic heterocycles. The topological polar surface area (TPSA) is 38.8 Å². The molecule has 3 rings (SSSR count). The fraction of sp³-hybridized carbons (Fsp3) is 0.381. The van der Waals surface area contributed by atoms with Gasteiger partial charge in [0.05, 0.1) is 11.1 Å². The monoisotopic (exact) mass is 435 g/mol. The summed E-state index contributed by atoms with van der Waals surface area (Å²) in [4.78, 5) is 14.2. The average molecular weight is 436 g/mol. The Morgan fingerprint density at radius 1 is 1.22 bits per heavy atom. The van der Waals surface area contributed by atoms with Crippen LogP contribution < -0.4 is 0 Å². The highest BCUT2D eigenvalue weighted by Gasteiger charge is 2.36. The molecule has 0 saturated heterocycles. The Morgan fingerprint density at radius 3 is 2.59 bits per heavy atom. The van der Waals surface area contributed by atoms with Crippen molar-refractivity contribution in [1.29, 1.82) is 0 Å². The SMILES string of the molecule is CC(C)(C)OC(=O)N1CCc2c(ccc(Br)c2F)C1OCc1ccccc1. The van der Waals surface area contributed by atoms with Gasteiger partial charge in [-0.05, 0) is 60.3 Å². The van der Waals surface area contributed by atoms with Gasteiger partial charge in [0.25, 0.3) is 0 Å². The quantitative estimate of drug-likeness (QED) is 0.629. The van der Waals surface area contributed by atoms with Gasteiger partial charge in [0.1, 0.15) is 11.4 Å². The molecule has 0 N–H and O–H groups in total. The molecule has 144 valence electrons. The van der Waals surface area contributed by atoms with Crippen LogP contribution in [0.1, 0.15) is 43.7 Å². The van der Waals surface area contributed by atoms with Gasteiger partial charge in [0, 0.05) is 12.1 Å². The minimum absolute atomic E-state index is 0.301. The van der Waals surface area contributed by atoms with E-state index in [4.69, 9.17) is 9.47 Å². The summed E-state index contributed by atoms with van der Waals surface area (Å²) in [5.74, 6) is -0.301. The summed E-state index contributed by atoms with van der Waals surface area (Å²) in [5.41, 5.74) is 1.59. The Bertz CT molecular complexity index is 820. The van der Waals surface area contributed by atoms with Gasteiger partial charge in [-0.1, -0.05) is 36.4 Å². The average Bonchev–Trinajstić information content (AvgIpc) is 2.62. The molecule has 4 nitrogen and oxygen atoms in total. The van der Waals surface area contributed by atoms with Crippen molar-refractivity contribution < 1.29 is 18.7 Å². The van der Waals surface area contributed by atoms with Gasteiger partial charge in [-0.3, -0.25) is 4.90 Å². The van der Waals surface area contributed by atoms with Crippen molar-refractivity contribution in [3.8, 4) is 0 Å². The molecule has 1 aliphatic rings. The summed E-state index contributed by atoms with van der Waals surface area (Å²) in [6.45, 7) is 6.09. The summed E-state index contributed by atoms with van der Waals surface area (Å²) in [5, 5.41) is 0. The van der Waals surface area contributed by atoms with Crippen LogP contribution in [0.2, 0.25) is 0 Å². The lowest BCUT2D eigenvalue weighted by molar-refractivity contribution is -0.0820. The first-order valence-corrected chi connectivity index (χ1v) is 9.67. The van der Waals surface area contributed by atoms with Gasteiger partial charge < -0.3 is 9.47 Å². The number of rotatable bonds is 3. The zero-order chi connectivity index (χ0) is 19.6. The van der Waals surface area contributed by atoms with Crippen LogP contribution in [0.25, 0.3) is 0 Å². The smallest absolute Gasteiger partial charge is 0.412 e. The fourth-order valence-electron chi connectivity index (χ4n) is 3.05. The van der Waals surface area contributed by atoms with Crippen molar-refractivity contribution in [3.63, 3.8) is 0 Å². The van der Waals surface area contributed by atoms with Crippen molar-refractivity contribution in [2.75, 3.05) is 6.54 Å². The molecular formula is C21H23BrFNO3. The van der Waals surface area contributed by atoms with Crippen molar-refractivity contribution in [1.82, 2.24) is 4.90 Å². The van der Waals surface area contributed by atoms with E-state index in [0.29, 0.717) is 35.2 Å². The molecule has 1 amide bonds. The van der Waals surface area contributed by atoms with Crippen molar-refractivity contribution >= 4 is 22.0 Å². The Morgan fingerprint density at radius 2 is 1.93 bits per heavy atom. The number of halogens is 2. The van der Waals surface area contributed by atoms with Crippen LogP contribution in [0.15, 0.2) is 46.9 Å². The second-order valence-corrected chi connectivity index (χ2v) is 8.36. The molecular weight excluding hydrogens is 413 g/mol. The Kier molecular flexibility index (Phi) is 5.86. The van der Waals surface area contributed by atoms with E-state index < -0.39 is 17.9 Å². The molecule has 27 heavy (non-hydrogen) atoms. The van der Waals surface area contributed by atoms with Crippen LogP contribution in [0.4, 0.5) is 9.18 Å². The summed E-state index contributed by atoms with van der Waals surface area (Å²) in [7, 11) is 0. The van der Waals surface area contributed by atoms with Crippen LogP contribution in [-0.4, -0.2) is 23.1 Å². The van der Waals surface area contributed by atoms with E-state index in [1.165, 1.54) is 4.90 Å². The van der Waals surface area contributed by atoms with E-state index in [1.54, 1.807) is 12.1 Å². The molecule has 1 unspecified atom stereocenters.